The fourth-order valence-corrected chi connectivity index (χ4v) is 2.87. The third kappa shape index (κ3) is 5.02. The number of aromatic nitrogens is 2. The van der Waals surface area contributed by atoms with E-state index in [2.05, 4.69) is 5.10 Å². The number of esters is 1. The van der Waals surface area contributed by atoms with Crippen LogP contribution < -0.4 is 4.74 Å². The second-order valence-electron chi connectivity index (χ2n) is 6.14. The summed E-state index contributed by atoms with van der Waals surface area (Å²) >= 11 is 5.82. The maximum atomic E-state index is 12.0. The second kappa shape index (κ2) is 9.24. The third-order valence-corrected chi connectivity index (χ3v) is 4.40. The summed E-state index contributed by atoms with van der Waals surface area (Å²) in [5, 5.41) is 5.20. The second-order valence-corrected chi connectivity index (χ2v) is 6.57. The van der Waals surface area contributed by atoms with Crippen LogP contribution in [0.25, 0.3) is 11.8 Å². The van der Waals surface area contributed by atoms with Crippen LogP contribution in [0.4, 0.5) is 0 Å². The maximum Gasteiger partial charge on any atom is 0.330 e. The van der Waals surface area contributed by atoms with E-state index in [1.807, 2.05) is 48.9 Å². The van der Waals surface area contributed by atoms with E-state index in [1.165, 1.54) is 6.08 Å². The predicted molar refractivity (Wildman–Crippen MR) is 110 cm³/mol. The quantitative estimate of drug-likeness (QED) is 0.327. The summed E-state index contributed by atoms with van der Waals surface area (Å²) in [5.41, 5.74) is 3.68. The van der Waals surface area contributed by atoms with Crippen molar-refractivity contribution in [2.24, 2.45) is 0 Å². The van der Waals surface area contributed by atoms with Crippen LogP contribution in [0.1, 0.15) is 17.0 Å². The molecule has 3 aromatic rings. The van der Waals surface area contributed by atoms with Crippen molar-refractivity contribution in [2.45, 2.75) is 13.8 Å². The van der Waals surface area contributed by atoms with Gasteiger partial charge < -0.3 is 9.47 Å². The van der Waals surface area contributed by atoms with Gasteiger partial charge >= 0.3 is 5.97 Å². The zero-order valence-corrected chi connectivity index (χ0v) is 16.5. The fraction of sp³-hybridized carbons (Fsp3) is 0.182. The monoisotopic (exact) mass is 396 g/mol. The molecule has 1 aromatic heterocycles. The first-order valence-electron chi connectivity index (χ1n) is 8.89. The lowest BCUT2D eigenvalue weighted by Crippen LogP contribution is -2.10. The molecule has 28 heavy (non-hydrogen) atoms. The van der Waals surface area contributed by atoms with Gasteiger partial charge in [-0.3, -0.25) is 0 Å². The highest BCUT2D eigenvalue weighted by Crippen LogP contribution is 2.19. The van der Waals surface area contributed by atoms with Gasteiger partial charge in [-0.05, 0) is 56.3 Å². The number of ether oxygens (including phenoxy) is 2. The van der Waals surface area contributed by atoms with Gasteiger partial charge in [-0.15, -0.1) is 0 Å². The highest BCUT2D eigenvalue weighted by molar-refractivity contribution is 6.30. The largest absolute Gasteiger partial charge is 0.490 e. The minimum Gasteiger partial charge on any atom is -0.490 e. The Kier molecular flexibility index (Phi) is 6.50. The molecule has 0 bridgehead atoms. The van der Waals surface area contributed by atoms with Gasteiger partial charge in [0, 0.05) is 22.4 Å². The molecule has 0 saturated carbocycles. The third-order valence-electron chi connectivity index (χ3n) is 4.14. The van der Waals surface area contributed by atoms with Crippen molar-refractivity contribution >= 4 is 23.6 Å². The molecule has 0 spiro atoms. The van der Waals surface area contributed by atoms with Crippen LogP contribution in [0.5, 0.6) is 5.75 Å². The molecule has 3 rings (SSSR count). The standard InChI is InChI=1S/C22H21ClN2O3/c1-16-21(17(2)25(24-16)19-6-4-3-5-7-19)12-13-22(26)28-15-14-27-20-10-8-18(23)9-11-20/h3-13H,14-15H2,1-2H3/b13-12+. The Morgan fingerprint density at radius 2 is 1.79 bits per heavy atom. The normalized spacial score (nSPS) is 11.0. The number of benzene rings is 2. The SMILES string of the molecule is Cc1nn(-c2ccccc2)c(C)c1/C=C/C(=O)OCCOc1ccc(Cl)cc1. The fourth-order valence-electron chi connectivity index (χ4n) is 2.75. The molecule has 0 aliphatic carbocycles. The average Bonchev–Trinajstić information content (AvgIpc) is 2.99. The lowest BCUT2D eigenvalue weighted by atomic mass is 10.2. The summed E-state index contributed by atoms with van der Waals surface area (Å²) < 4.78 is 12.5. The summed E-state index contributed by atoms with van der Waals surface area (Å²) in [4.78, 5) is 12.0. The van der Waals surface area contributed by atoms with Crippen molar-refractivity contribution in [3.05, 3.63) is 82.6 Å². The van der Waals surface area contributed by atoms with Gasteiger partial charge in [0.05, 0.1) is 11.4 Å². The summed E-state index contributed by atoms with van der Waals surface area (Å²) in [7, 11) is 0. The Morgan fingerprint density at radius 3 is 2.50 bits per heavy atom. The summed E-state index contributed by atoms with van der Waals surface area (Å²) in [5.74, 6) is 0.251. The first kappa shape index (κ1) is 19.7. The van der Waals surface area contributed by atoms with Gasteiger partial charge in [0.1, 0.15) is 19.0 Å². The molecule has 0 saturated heterocycles. The van der Waals surface area contributed by atoms with Crippen molar-refractivity contribution < 1.29 is 14.3 Å². The number of carbonyl (C=O) groups excluding carboxylic acids is 1. The van der Waals surface area contributed by atoms with Crippen LogP contribution in [-0.4, -0.2) is 29.0 Å². The van der Waals surface area contributed by atoms with Crippen LogP contribution in [0.2, 0.25) is 5.02 Å². The topological polar surface area (TPSA) is 53.4 Å². The number of rotatable bonds is 7. The number of nitrogens with zero attached hydrogens (tertiary/aromatic N) is 2. The molecule has 5 nitrogen and oxygen atoms in total. The van der Waals surface area contributed by atoms with Crippen molar-refractivity contribution in [3.8, 4) is 11.4 Å². The van der Waals surface area contributed by atoms with Crippen molar-refractivity contribution in [3.63, 3.8) is 0 Å². The molecule has 0 aliphatic rings. The van der Waals surface area contributed by atoms with Crippen molar-refractivity contribution in [1.29, 1.82) is 0 Å². The van der Waals surface area contributed by atoms with E-state index < -0.39 is 5.97 Å². The molecule has 0 aliphatic heterocycles. The number of hydrogen-bond donors (Lipinski definition) is 0. The van der Waals surface area contributed by atoms with E-state index in [0.29, 0.717) is 10.8 Å². The van der Waals surface area contributed by atoms with Crippen LogP contribution >= 0.6 is 11.6 Å². The number of para-hydroxylation sites is 1. The maximum absolute atomic E-state index is 12.0. The minimum absolute atomic E-state index is 0.160. The Labute approximate surface area is 169 Å². The molecular formula is C22H21ClN2O3. The molecule has 144 valence electrons. The molecule has 2 aromatic carbocycles. The molecule has 0 amide bonds. The van der Waals surface area contributed by atoms with E-state index in [4.69, 9.17) is 21.1 Å². The molecule has 0 N–H and O–H groups in total. The van der Waals surface area contributed by atoms with Crippen LogP contribution in [0.15, 0.2) is 60.7 Å². The van der Waals surface area contributed by atoms with E-state index in [9.17, 15) is 4.79 Å². The van der Waals surface area contributed by atoms with E-state index >= 15 is 0 Å². The van der Waals surface area contributed by atoms with Gasteiger partial charge in [-0.2, -0.15) is 5.10 Å². The van der Waals surface area contributed by atoms with Crippen molar-refractivity contribution in [2.75, 3.05) is 13.2 Å². The Bertz CT molecular complexity index is 963. The average molecular weight is 397 g/mol. The van der Waals surface area contributed by atoms with Crippen LogP contribution in [-0.2, 0) is 9.53 Å². The molecule has 0 unspecified atom stereocenters. The molecule has 0 atom stereocenters. The first-order chi connectivity index (χ1) is 13.5. The van der Waals surface area contributed by atoms with Gasteiger partial charge in [-0.25, -0.2) is 9.48 Å². The smallest absolute Gasteiger partial charge is 0.330 e. The van der Waals surface area contributed by atoms with Crippen molar-refractivity contribution in [1.82, 2.24) is 9.78 Å². The lowest BCUT2D eigenvalue weighted by molar-refractivity contribution is -0.138. The predicted octanol–water partition coefficient (Wildman–Crippen LogP) is 4.78. The van der Waals surface area contributed by atoms with Gasteiger partial charge in [0.2, 0.25) is 0 Å². The summed E-state index contributed by atoms with van der Waals surface area (Å²) in [6.07, 6.45) is 3.15. The number of hydrogen-bond acceptors (Lipinski definition) is 4. The van der Waals surface area contributed by atoms with E-state index in [-0.39, 0.29) is 13.2 Å². The minimum atomic E-state index is -0.425. The van der Waals surface area contributed by atoms with Crippen LogP contribution in [0, 0.1) is 13.8 Å². The number of aryl methyl sites for hydroxylation is 1. The molecular weight excluding hydrogens is 376 g/mol. The molecule has 1 heterocycles. The lowest BCUT2D eigenvalue weighted by Gasteiger charge is -2.06. The van der Waals surface area contributed by atoms with E-state index in [1.54, 1.807) is 30.3 Å². The Balaban J connectivity index is 1.54. The van der Waals surface area contributed by atoms with E-state index in [0.717, 1.165) is 22.6 Å². The number of carbonyl (C=O) groups is 1. The summed E-state index contributed by atoms with van der Waals surface area (Å²) in [6, 6.07) is 16.9. The first-order valence-corrected chi connectivity index (χ1v) is 9.27. The Hall–Kier alpha value is -3.05. The Morgan fingerprint density at radius 1 is 1.07 bits per heavy atom. The van der Waals surface area contributed by atoms with Gasteiger partial charge in [0.25, 0.3) is 0 Å². The molecule has 0 fully saturated rings. The number of halogens is 1. The summed E-state index contributed by atoms with van der Waals surface area (Å²) in [6.45, 7) is 4.31. The van der Waals surface area contributed by atoms with Crippen LogP contribution in [0.3, 0.4) is 0 Å². The van der Waals surface area contributed by atoms with Gasteiger partial charge in [-0.1, -0.05) is 29.8 Å². The molecule has 6 heteroatoms. The zero-order chi connectivity index (χ0) is 19.9. The highest BCUT2D eigenvalue weighted by atomic mass is 35.5. The zero-order valence-electron chi connectivity index (χ0n) is 15.8. The van der Waals surface area contributed by atoms with Gasteiger partial charge in [0.15, 0.2) is 0 Å². The molecule has 0 radical (unpaired) electrons. The highest BCUT2D eigenvalue weighted by Gasteiger charge is 2.11.